The maximum Gasteiger partial charge on any atom is 0.0409 e. The molecule has 0 fully saturated rings. The Morgan fingerprint density at radius 1 is 0.250 bits per heavy atom. The molecule has 1 heteroatoms. The smallest absolute Gasteiger partial charge is 0.0409 e. The number of hydrogen-bond acceptors (Lipinski definition) is 1. The number of rotatable bonds is 55. The third-order valence-electron chi connectivity index (χ3n) is 14.9. The van der Waals surface area contributed by atoms with Gasteiger partial charge in [-0.3, -0.25) is 4.98 Å². The maximum absolute atomic E-state index is 5.12. The van der Waals surface area contributed by atoms with Gasteiger partial charge < -0.3 is 0 Å². The first-order valence-electron chi connectivity index (χ1n) is 30.6. The first-order valence-corrected chi connectivity index (χ1v) is 30.6. The SMILES string of the molecule is [CH2]Cc1cc(CCCCCCCCCCCCCCCCCCCCCCCCCCCC)nc(CCCCCCCCCCCCCCCCCCCCCCCCCCCC)c1. The second-order valence-electron chi connectivity index (χ2n) is 21.4. The van der Waals surface area contributed by atoms with E-state index in [0.717, 1.165) is 19.3 Å². The van der Waals surface area contributed by atoms with Crippen LogP contribution in [0.1, 0.15) is 365 Å². The average molecular weight is 892 g/mol. The molecule has 1 heterocycles. The largest absolute Gasteiger partial charge is 0.258 e. The highest BCUT2D eigenvalue weighted by Gasteiger charge is 2.05. The van der Waals surface area contributed by atoms with Crippen molar-refractivity contribution in [3.8, 4) is 0 Å². The number of pyridine rings is 1. The molecule has 64 heavy (non-hydrogen) atoms. The number of aryl methyl sites for hydroxylation is 2. The average Bonchev–Trinajstić information content (AvgIpc) is 3.31. The van der Waals surface area contributed by atoms with Crippen molar-refractivity contribution in [1.82, 2.24) is 4.98 Å². The number of unbranched alkanes of at least 4 members (excludes halogenated alkanes) is 50. The summed E-state index contributed by atoms with van der Waals surface area (Å²) >= 11 is 0. The number of aromatic nitrogens is 1. The second-order valence-corrected chi connectivity index (χ2v) is 21.4. The molecule has 377 valence electrons. The van der Waals surface area contributed by atoms with Gasteiger partial charge in [-0.05, 0) is 56.7 Å². The summed E-state index contributed by atoms with van der Waals surface area (Å²) in [6.07, 6.45) is 78.8. The molecule has 0 atom stereocenters. The number of nitrogens with zero attached hydrogens (tertiary/aromatic N) is 1. The summed E-state index contributed by atoms with van der Waals surface area (Å²) in [4.78, 5) is 5.12. The van der Waals surface area contributed by atoms with Gasteiger partial charge in [-0.1, -0.05) is 335 Å². The lowest BCUT2D eigenvalue weighted by Crippen LogP contribution is -2.00. The highest BCUT2D eigenvalue weighted by atomic mass is 14.7. The Balaban J connectivity index is 1.83. The fourth-order valence-corrected chi connectivity index (χ4v) is 10.4. The Labute approximate surface area is 406 Å². The molecule has 0 amide bonds. The molecule has 0 unspecified atom stereocenters. The Morgan fingerprint density at radius 2 is 0.406 bits per heavy atom. The highest BCUT2D eigenvalue weighted by molar-refractivity contribution is 5.22. The van der Waals surface area contributed by atoms with Crippen molar-refractivity contribution in [1.29, 1.82) is 0 Å². The van der Waals surface area contributed by atoms with Crippen molar-refractivity contribution >= 4 is 0 Å². The van der Waals surface area contributed by atoms with Crippen molar-refractivity contribution < 1.29 is 0 Å². The monoisotopic (exact) mass is 891 g/mol. The van der Waals surface area contributed by atoms with E-state index < -0.39 is 0 Å². The van der Waals surface area contributed by atoms with Crippen molar-refractivity contribution in [3.63, 3.8) is 0 Å². The summed E-state index contributed by atoms with van der Waals surface area (Å²) in [5.74, 6) is 0. The molecule has 0 saturated carbocycles. The van der Waals surface area contributed by atoms with Crippen molar-refractivity contribution in [2.45, 2.75) is 367 Å². The zero-order valence-corrected chi connectivity index (χ0v) is 44.7. The van der Waals surface area contributed by atoms with Gasteiger partial charge in [0, 0.05) is 11.4 Å². The third-order valence-corrected chi connectivity index (χ3v) is 14.9. The quantitative estimate of drug-likeness (QED) is 0.0594. The van der Waals surface area contributed by atoms with E-state index in [-0.39, 0.29) is 0 Å². The lowest BCUT2D eigenvalue weighted by Gasteiger charge is -2.09. The summed E-state index contributed by atoms with van der Waals surface area (Å²) in [5, 5.41) is 0. The van der Waals surface area contributed by atoms with E-state index in [1.165, 1.54) is 351 Å². The van der Waals surface area contributed by atoms with E-state index in [9.17, 15) is 0 Å². The van der Waals surface area contributed by atoms with Crippen LogP contribution in [0.15, 0.2) is 12.1 Å². The molecule has 1 rings (SSSR count). The van der Waals surface area contributed by atoms with Crippen molar-refractivity contribution in [3.05, 3.63) is 36.0 Å². The molecule has 1 aromatic rings. The summed E-state index contributed by atoms with van der Waals surface area (Å²) in [7, 11) is 0. The fraction of sp³-hybridized carbons (Fsp3) is 0.905. The van der Waals surface area contributed by atoms with Gasteiger partial charge in [-0.25, -0.2) is 0 Å². The standard InChI is InChI=1S/C63H120N/c1-4-7-9-11-13-15-17-19-21-23-25-27-29-31-33-35-37-39-41-43-45-47-49-51-53-55-57-62-59-61(6-3)60-63(64-62)58-56-54-52-50-48-46-44-42-40-38-36-34-32-30-28-26-24-22-20-18-16-14-12-10-8-5-2/h59-60H,3-58H2,1-2H3. The predicted octanol–water partition coefficient (Wildman–Crippen LogP) is 22.9. The Kier molecular flexibility index (Phi) is 50.8. The number of hydrogen-bond donors (Lipinski definition) is 0. The molecule has 0 bridgehead atoms. The van der Waals surface area contributed by atoms with E-state index >= 15 is 0 Å². The fourth-order valence-electron chi connectivity index (χ4n) is 10.4. The van der Waals surface area contributed by atoms with E-state index in [0.29, 0.717) is 0 Å². The molecular formula is C63H120N. The van der Waals surface area contributed by atoms with Crippen LogP contribution in [0.25, 0.3) is 0 Å². The van der Waals surface area contributed by atoms with E-state index in [2.05, 4.69) is 32.9 Å². The van der Waals surface area contributed by atoms with Crippen molar-refractivity contribution in [2.75, 3.05) is 0 Å². The maximum atomic E-state index is 5.12. The van der Waals surface area contributed by atoms with Crippen LogP contribution < -0.4 is 0 Å². The first kappa shape index (κ1) is 61.2. The van der Waals surface area contributed by atoms with Crippen LogP contribution in [0.4, 0.5) is 0 Å². The molecule has 0 aliphatic rings. The van der Waals surface area contributed by atoms with Gasteiger partial charge in [-0.2, -0.15) is 0 Å². The van der Waals surface area contributed by atoms with Gasteiger partial charge in [0.2, 0.25) is 0 Å². The van der Waals surface area contributed by atoms with Crippen LogP contribution in [0, 0.1) is 6.92 Å². The second kappa shape index (κ2) is 53.1. The molecule has 1 radical (unpaired) electrons. The minimum atomic E-state index is 0.890. The minimum absolute atomic E-state index is 0.890. The van der Waals surface area contributed by atoms with Gasteiger partial charge in [0.25, 0.3) is 0 Å². The third kappa shape index (κ3) is 46.3. The van der Waals surface area contributed by atoms with E-state index in [4.69, 9.17) is 4.98 Å². The Morgan fingerprint density at radius 3 is 0.562 bits per heavy atom. The molecule has 0 aromatic carbocycles. The van der Waals surface area contributed by atoms with Gasteiger partial charge >= 0.3 is 0 Å². The molecule has 0 aliphatic carbocycles. The minimum Gasteiger partial charge on any atom is -0.258 e. The molecular weight excluding hydrogens is 771 g/mol. The lowest BCUT2D eigenvalue weighted by atomic mass is 10.0. The zero-order chi connectivity index (χ0) is 45.7. The van der Waals surface area contributed by atoms with Crippen LogP contribution in [0.5, 0.6) is 0 Å². The van der Waals surface area contributed by atoms with Gasteiger partial charge in [0.05, 0.1) is 0 Å². The predicted molar refractivity (Wildman–Crippen MR) is 292 cm³/mol. The summed E-state index contributed by atoms with van der Waals surface area (Å²) in [6.45, 7) is 8.83. The van der Waals surface area contributed by atoms with E-state index in [1.807, 2.05) is 0 Å². The van der Waals surface area contributed by atoms with Crippen LogP contribution in [-0.2, 0) is 19.3 Å². The molecule has 0 aliphatic heterocycles. The van der Waals surface area contributed by atoms with Crippen LogP contribution >= 0.6 is 0 Å². The summed E-state index contributed by atoms with van der Waals surface area (Å²) in [5.41, 5.74) is 4.05. The van der Waals surface area contributed by atoms with Crippen LogP contribution in [0.3, 0.4) is 0 Å². The topological polar surface area (TPSA) is 12.9 Å². The van der Waals surface area contributed by atoms with E-state index in [1.54, 1.807) is 0 Å². The lowest BCUT2D eigenvalue weighted by molar-refractivity contribution is 0.515. The Bertz CT molecular complexity index is 923. The molecule has 1 nitrogen and oxygen atoms in total. The molecule has 0 N–H and O–H groups in total. The highest BCUT2D eigenvalue weighted by Crippen LogP contribution is 2.20. The molecule has 1 aromatic heterocycles. The van der Waals surface area contributed by atoms with Crippen LogP contribution in [-0.4, -0.2) is 4.98 Å². The van der Waals surface area contributed by atoms with Gasteiger partial charge in [-0.15, -0.1) is 0 Å². The molecule has 0 saturated heterocycles. The van der Waals surface area contributed by atoms with Crippen LogP contribution in [0.2, 0.25) is 0 Å². The zero-order valence-electron chi connectivity index (χ0n) is 44.7. The summed E-state index contributed by atoms with van der Waals surface area (Å²) in [6, 6.07) is 4.69. The van der Waals surface area contributed by atoms with Crippen molar-refractivity contribution in [2.24, 2.45) is 0 Å². The first-order chi connectivity index (χ1) is 31.8. The van der Waals surface area contributed by atoms with Gasteiger partial charge in [0.1, 0.15) is 0 Å². The molecule has 0 spiro atoms. The summed E-state index contributed by atoms with van der Waals surface area (Å²) < 4.78 is 0. The Hall–Kier alpha value is -0.850. The normalized spacial score (nSPS) is 11.7. The van der Waals surface area contributed by atoms with Gasteiger partial charge in [0.15, 0.2) is 0 Å².